The Hall–Kier alpha value is -1.97. The maximum absolute atomic E-state index is 10.8. The summed E-state index contributed by atoms with van der Waals surface area (Å²) in [7, 11) is 0. The Kier molecular flexibility index (Phi) is 1.66. The predicted octanol–water partition coefficient (Wildman–Crippen LogP) is 0.729. The van der Waals surface area contributed by atoms with Crippen LogP contribution in [0.1, 0.15) is 10.4 Å². The number of hydrogen-bond acceptors (Lipinski definition) is 3. The van der Waals surface area contributed by atoms with Crippen LogP contribution in [0, 0.1) is 0 Å². The molecule has 13 heavy (non-hydrogen) atoms. The summed E-state index contributed by atoms with van der Waals surface area (Å²) in [4.78, 5) is 10.8. The quantitative estimate of drug-likeness (QED) is 0.691. The molecule has 0 spiro atoms. The molecule has 0 saturated heterocycles. The molecule has 2 aromatic rings. The highest BCUT2D eigenvalue weighted by Crippen LogP contribution is 2.12. The van der Waals surface area contributed by atoms with Crippen LogP contribution in [-0.4, -0.2) is 16.1 Å². The van der Waals surface area contributed by atoms with E-state index in [4.69, 9.17) is 5.73 Å². The number of fused-ring (bicyclic) bond motifs is 1. The highest BCUT2D eigenvalue weighted by Gasteiger charge is 2.00. The standard InChI is InChI=1S/C9H7N3O/c10-9(13)6-1-2-7-4-11-12-5-8(7)3-6/h1-5H,(H2,10,13). The van der Waals surface area contributed by atoms with Crippen LogP contribution in [0.4, 0.5) is 0 Å². The van der Waals surface area contributed by atoms with Crippen LogP contribution in [0.25, 0.3) is 10.8 Å². The van der Waals surface area contributed by atoms with Crippen LogP contribution in [0.2, 0.25) is 0 Å². The number of rotatable bonds is 1. The normalized spacial score (nSPS) is 10.2. The first-order chi connectivity index (χ1) is 6.27. The number of primary amides is 1. The molecule has 0 unspecified atom stereocenters. The van der Waals surface area contributed by atoms with Crippen LogP contribution in [0.3, 0.4) is 0 Å². The van der Waals surface area contributed by atoms with Crippen molar-refractivity contribution < 1.29 is 4.79 Å². The van der Waals surface area contributed by atoms with Crippen molar-refractivity contribution in [3.05, 3.63) is 36.2 Å². The number of benzene rings is 1. The lowest BCUT2D eigenvalue weighted by atomic mass is 10.1. The molecule has 0 aliphatic carbocycles. The molecule has 2 rings (SSSR count). The summed E-state index contributed by atoms with van der Waals surface area (Å²) in [6.45, 7) is 0. The molecule has 0 fully saturated rings. The van der Waals surface area contributed by atoms with E-state index >= 15 is 0 Å². The number of carbonyl (C=O) groups excluding carboxylic acids is 1. The van der Waals surface area contributed by atoms with Gasteiger partial charge in [0.05, 0.1) is 12.4 Å². The number of amides is 1. The number of aromatic nitrogens is 2. The second-order valence-corrected chi connectivity index (χ2v) is 2.70. The van der Waals surface area contributed by atoms with Gasteiger partial charge in [-0.1, -0.05) is 6.07 Å². The second kappa shape index (κ2) is 2.82. The van der Waals surface area contributed by atoms with Gasteiger partial charge in [-0.2, -0.15) is 10.2 Å². The average Bonchev–Trinajstić information content (AvgIpc) is 2.17. The minimum Gasteiger partial charge on any atom is -0.366 e. The van der Waals surface area contributed by atoms with Gasteiger partial charge in [-0.3, -0.25) is 4.79 Å². The number of hydrogen-bond donors (Lipinski definition) is 1. The Labute approximate surface area is 74.4 Å². The van der Waals surface area contributed by atoms with Gasteiger partial charge in [0.1, 0.15) is 0 Å². The van der Waals surface area contributed by atoms with E-state index in [2.05, 4.69) is 10.2 Å². The zero-order valence-electron chi connectivity index (χ0n) is 6.77. The lowest BCUT2D eigenvalue weighted by molar-refractivity contribution is 0.100. The molecule has 4 nitrogen and oxygen atoms in total. The third-order valence-corrected chi connectivity index (χ3v) is 1.83. The summed E-state index contributed by atoms with van der Waals surface area (Å²) < 4.78 is 0. The average molecular weight is 173 g/mol. The molecular formula is C9H7N3O. The topological polar surface area (TPSA) is 68.9 Å². The molecule has 64 valence electrons. The zero-order chi connectivity index (χ0) is 9.26. The fourth-order valence-electron chi connectivity index (χ4n) is 1.15. The van der Waals surface area contributed by atoms with Gasteiger partial charge < -0.3 is 5.73 Å². The zero-order valence-corrected chi connectivity index (χ0v) is 6.77. The molecular weight excluding hydrogens is 166 g/mol. The maximum atomic E-state index is 10.8. The Morgan fingerprint density at radius 2 is 1.85 bits per heavy atom. The largest absolute Gasteiger partial charge is 0.366 e. The summed E-state index contributed by atoms with van der Waals surface area (Å²) in [5, 5.41) is 9.24. The first-order valence-electron chi connectivity index (χ1n) is 3.77. The molecule has 0 atom stereocenters. The third kappa shape index (κ3) is 1.33. The van der Waals surface area contributed by atoms with Crippen LogP contribution in [0.5, 0.6) is 0 Å². The molecule has 0 aliphatic rings. The van der Waals surface area contributed by atoms with E-state index in [1.807, 2.05) is 0 Å². The number of carbonyl (C=O) groups is 1. The molecule has 1 aromatic heterocycles. The van der Waals surface area contributed by atoms with Gasteiger partial charge in [-0.25, -0.2) is 0 Å². The highest BCUT2D eigenvalue weighted by molar-refractivity contribution is 5.97. The fourth-order valence-corrected chi connectivity index (χ4v) is 1.15. The molecule has 2 N–H and O–H groups in total. The van der Waals surface area contributed by atoms with Crippen molar-refractivity contribution in [1.29, 1.82) is 0 Å². The van der Waals surface area contributed by atoms with E-state index in [1.54, 1.807) is 30.6 Å². The monoisotopic (exact) mass is 173 g/mol. The maximum Gasteiger partial charge on any atom is 0.248 e. The second-order valence-electron chi connectivity index (χ2n) is 2.70. The van der Waals surface area contributed by atoms with Crippen molar-refractivity contribution in [3.63, 3.8) is 0 Å². The predicted molar refractivity (Wildman–Crippen MR) is 48.1 cm³/mol. The smallest absolute Gasteiger partial charge is 0.248 e. The van der Waals surface area contributed by atoms with Crippen LogP contribution in [0.15, 0.2) is 30.6 Å². The van der Waals surface area contributed by atoms with Gasteiger partial charge in [-0.05, 0) is 12.1 Å². The van der Waals surface area contributed by atoms with Gasteiger partial charge in [0.2, 0.25) is 5.91 Å². The van der Waals surface area contributed by atoms with Crippen molar-refractivity contribution in [2.24, 2.45) is 5.73 Å². The molecule has 1 heterocycles. The molecule has 1 aromatic carbocycles. The highest BCUT2D eigenvalue weighted by atomic mass is 16.1. The van der Waals surface area contributed by atoms with Crippen LogP contribution in [-0.2, 0) is 0 Å². The summed E-state index contributed by atoms with van der Waals surface area (Å²) in [6.07, 6.45) is 3.24. The van der Waals surface area contributed by atoms with Crippen molar-refractivity contribution in [1.82, 2.24) is 10.2 Å². The number of nitrogens with two attached hydrogens (primary N) is 1. The molecule has 4 heteroatoms. The van der Waals surface area contributed by atoms with Crippen LogP contribution < -0.4 is 5.73 Å². The Balaban J connectivity index is 2.69. The first kappa shape index (κ1) is 7.67. The Morgan fingerprint density at radius 1 is 1.15 bits per heavy atom. The van der Waals surface area contributed by atoms with Crippen LogP contribution >= 0.6 is 0 Å². The summed E-state index contributed by atoms with van der Waals surface area (Å²) in [5.41, 5.74) is 5.62. The third-order valence-electron chi connectivity index (χ3n) is 1.83. The van der Waals surface area contributed by atoms with Gasteiger partial charge >= 0.3 is 0 Å². The minimum absolute atomic E-state index is 0.432. The van der Waals surface area contributed by atoms with E-state index in [0.717, 1.165) is 10.8 Å². The molecule has 0 radical (unpaired) electrons. The minimum atomic E-state index is -0.432. The summed E-state index contributed by atoms with van der Waals surface area (Å²) >= 11 is 0. The van der Waals surface area contributed by atoms with E-state index in [9.17, 15) is 4.79 Å². The van der Waals surface area contributed by atoms with Crippen molar-refractivity contribution in [3.8, 4) is 0 Å². The fraction of sp³-hybridized carbons (Fsp3) is 0. The van der Waals surface area contributed by atoms with Gasteiger partial charge in [-0.15, -0.1) is 0 Å². The number of nitrogens with zero attached hydrogens (tertiary/aromatic N) is 2. The molecule has 1 amide bonds. The summed E-state index contributed by atoms with van der Waals surface area (Å²) in [6, 6.07) is 5.17. The van der Waals surface area contributed by atoms with Crippen molar-refractivity contribution >= 4 is 16.7 Å². The molecule has 0 bridgehead atoms. The van der Waals surface area contributed by atoms with E-state index in [0.29, 0.717) is 5.56 Å². The molecule has 0 aliphatic heterocycles. The molecule has 0 saturated carbocycles. The summed E-state index contributed by atoms with van der Waals surface area (Å²) in [5.74, 6) is -0.432. The van der Waals surface area contributed by atoms with Gasteiger partial charge in [0.15, 0.2) is 0 Å². The van der Waals surface area contributed by atoms with Gasteiger partial charge in [0.25, 0.3) is 0 Å². The van der Waals surface area contributed by atoms with E-state index in [-0.39, 0.29) is 0 Å². The lowest BCUT2D eigenvalue weighted by Crippen LogP contribution is -2.10. The lowest BCUT2D eigenvalue weighted by Gasteiger charge is -1.97. The first-order valence-corrected chi connectivity index (χ1v) is 3.77. The SMILES string of the molecule is NC(=O)c1ccc2cnncc2c1. The van der Waals surface area contributed by atoms with Gasteiger partial charge in [0, 0.05) is 16.3 Å². The van der Waals surface area contributed by atoms with E-state index < -0.39 is 5.91 Å². The van der Waals surface area contributed by atoms with Crippen molar-refractivity contribution in [2.45, 2.75) is 0 Å². The Morgan fingerprint density at radius 3 is 2.54 bits per heavy atom. The van der Waals surface area contributed by atoms with Crippen molar-refractivity contribution in [2.75, 3.05) is 0 Å². The van der Waals surface area contributed by atoms with E-state index in [1.165, 1.54) is 0 Å². The Bertz CT molecular complexity index is 467.